The number of nitrogens with two attached hydrogens (primary N) is 1. The van der Waals surface area contributed by atoms with Gasteiger partial charge in [-0.15, -0.1) is 0 Å². The molecule has 5 heteroatoms. The van der Waals surface area contributed by atoms with Gasteiger partial charge >= 0.3 is 0 Å². The zero-order valence-electron chi connectivity index (χ0n) is 12.3. The van der Waals surface area contributed by atoms with Gasteiger partial charge in [0.15, 0.2) is 0 Å². The Balaban J connectivity index is 2.05. The number of nitrogens with zero attached hydrogens (tertiary/aromatic N) is 2. The molecular formula is C16H20N4O. The number of para-hydroxylation sites is 1. The molecular weight excluding hydrogens is 264 g/mol. The smallest absolute Gasteiger partial charge is 0.254 e. The summed E-state index contributed by atoms with van der Waals surface area (Å²) in [5, 5.41) is 0.869. The van der Waals surface area contributed by atoms with Crippen molar-refractivity contribution >= 4 is 22.6 Å². The number of carbonyl (C=O) groups is 1. The number of benzene rings is 1. The second-order valence-electron chi connectivity index (χ2n) is 5.88. The van der Waals surface area contributed by atoms with Crippen molar-refractivity contribution in [1.82, 2.24) is 9.88 Å². The molecule has 21 heavy (non-hydrogen) atoms. The van der Waals surface area contributed by atoms with Crippen molar-refractivity contribution in [2.24, 2.45) is 17.7 Å². The third kappa shape index (κ3) is 2.45. The molecule has 1 fully saturated rings. The number of hydrazine groups is 1. The second kappa shape index (κ2) is 5.33. The molecule has 0 bridgehead atoms. The van der Waals surface area contributed by atoms with Crippen LogP contribution in [0.3, 0.4) is 0 Å². The fourth-order valence-corrected chi connectivity index (χ4v) is 2.89. The molecule has 3 rings (SSSR count). The lowest BCUT2D eigenvalue weighted by Gasteiger charge is -2.18. The first-order valence-electron chi connectivity index (χ1n) is 7.26. The number of nitrogen functional groups attached to an aromatic ring is 1. The molecule has 0 spiro atoms. The highest BCUT2D eigenvalue weighted by Crippen LogP contribution is 2.27. The van der Waals surface area contributed by atoms with Crippen LogP contribution in [-0.4, -0.2) is 28.9 Å². The number of fused-ring (bicyclic) bond motifs is 1. The van der Waals surface area contributed by atoms with Gasteiger partial charge < -0.3 is 10.3 Å². The van der Waals surface area contributed by atoms with Crippen molar-refractivity contribution in [1.29, 1.82) is 0 Å². The number of carbonyl (C=O) groups excluding carboxylic acids is 1. The molecule has 1 aromatic heterocycles. The largest absolute Gasteiger partial charge is 0.338 e. The number of nitrogens with one attached hydrogen (secondary N) is 1. The van der Waals surface area contributed by atoms with Gasteiger partial charge in [-0.05, 0) is 24.0 Å². The van der Waals surface area contributed by atoms with E-state index in [0.717, 1.165) is 24.0 Å². The number of anilines is 1. The molecule has 110 valence electrons. The molecule has 0 aliphatic carbocycles. The molecule has 2 atom stereocenters. The van der Waals surface area contributed by atoms with Gasteiger partial charge in [0, 0.05) is 18.5 Å². The maximum atomic E-state index is 12.8. The predicted octanol–water partition coefficient (Wildman–Crippen LogP) is 2.25. The minimum absolute atomic E-state index is 0.0568. The summed E-state index contributed by atoms with van der Waals surface area (Å²) in [5.74, 6) is 7.11. The van der Waals surface area contributed by atoms with E-state index in [2.05, 4.69) is 24.3 Å². The quantitative estimate of drug-likeness (QED) is 0.655. The van der Waals surface area contributed by atoms with Gasteiger partial charge in [0.1, 0.15) is 5.82 Å². The van der Waals surface area contributed by atoms with Crippen LogP contribution in [0.15, 0.2) is 30.3 Å². The summed E-state index contributed by atoms with van der Waals surface area (Å²) in [6.07, 6.45) is 0. The molecule has 0 radical (unpaired) electrons. The maximum Gasteiger partial charge on any atom is 0.254 e. The number of likely N-dealkylation sites (tertiary alicyclic amines) is 1. The third-order valence-electron chi connectivity index (χ3n) is 4.37. The maximum absolute atomic E-state index is 12.8. The Kier molecular flexibility index (Phi) is 3.51. The van der Waals surface area contributed by atoms with Crippen LogP contribution in [0, 0.1) is 11.8 Å². The summed E-state index contributed by atoms with van der Waals surface area (Å²) in [6, 6.07) is 9.38. The Morgan fingerprint density at radius 1 is 1.29 bits per heavy atom. The lowest BCUT2D eigenvalue weighted by Crippen LogP contribution is -2.29. The van der Waals surface area contributed by atoms with Crippen molar-refractivity contribution in [3.63, 3.8) is 0 Å². The molecule has 2 heterocycles. The summed E-state index contributed by atoms with van der Waals surface area (Å²) >= 11 is 0. The summed E-state index contributed by atoms with van der Waals surface area (Å²) in [4.78, 5) is 19.2. The normalized spacial score (nSPS) is 21.8. The summed E-state index contributed by atoms with van der Waals surface area (Å²) in [6.45, 7) is 6.00. The topological polar surface area (TPSA) is 71.2 Å². The van der Waals surface area contributed by atoms with Crippen LogP contribution >= 0.6 is 0 Å². The minimum Gasteiger partial charge on any atom is -0.338 e. The first-order valence-corrected chi connectivity index (χ1v) is 7.26. The average molecular weight is 284 g/mol. The zero-order chi connectivity index (χ0) is 15.0. The Hall–Kier alpha value is -2.14. The van der Waals surface area contributed by atoms with Gasteiger partial charge in [0.2, 0.25) is 0 Å². The number of pyridine rings is 1. The Bertz CT molecular complexity index is 675. The van der Waals surface area contributed by atoms with Gasteiger partial charge in [-0.2, -0.15) is 0 Å². The number of hydrogen-bond acceptors (Lipinski definition) is 4. The van der Waals surface area contributed by atoms with E-state index in [1.54, 1.807) is 6.07 Å². The van der Waals surface area contributed by atoms with Crippen LogP contribution in [0.5, 0.6) is 0 Å². The molecule has 1 saturated heterocycles. The zero-order valence-corrected chi connectivity index (χ0v) is 12.3. The molecule has 2 aromatic rings. The van der Waals surface area contributed by atoms with Gasteiger partial charge in [-0.25, -0.2) is 10.8 Å². The molecule has 2 unspecified atom stereocenters. The fraction of sp³-hybridized carbons (Fsp3) is 0.375. The molecule has 1 aromatic carbocycles. The number of hydrogen-bond donors (Lipinski definition) is 2. The monoisotopic (exact) mass is 284 g/mol. The molecule has 3 N–H and O–H groups in total. The van der Waals surface area contributed by atoms with E-state index in [4.69, 9.17) is 5.84 Å². The SMILES string of the molecule is CC1CN(C(=O)c2cc(NN)nc3ccccc23)CC1C. The fourth-order valence-electron chi connectivity index (χ4n) is 2.89. The Labute approximate surface area is 124 Å². The minimum atomic E-state index is 0.0568. The van der Waals surface area contributed by atoms with E-state index in [1.165, 1.54) is 0 Å². The van der Waals surface area contributed by atoms with Crippen LogP contribution in [0.1, 0.15) is 24.2 Å². The third-order valence-corrected chi connectivity index (χ3v) is 4.37. The van der Waals surface area contributed by atoms with Crippen molar-refractivity contribution in [2.45, 2.75) is 13.8 Å². The standard InChI is InChI=1S/C16H20N4O/c1-10-8-20(9-11(10)2)16(21)13-7-15(19-17)18-14-6-4-3-5-12(13)14/h3-7,10-11H,8-9,17H2,1-2H3,(H,18,19). The van der Waals surface area contributed by atoms with E-state index >= 15 is 0 Å². The van der Waals surface area contributed by atoms with Crippen molar-refractivity contribution in [3.8, 4) is 0 Å². The van der Waals surface area contributed by atoms with Crippen LogP contribution in [0.4, 0.5) is 5.82 Å². The molecule has 0 saturated carbocycles. The van der Waals surface area contributed by atoms with Crippen molar-refractivity contribution < 1.29 is 4.79 Å². The second-order valence-corrected chi connectivity index (χ2v) is 5.88. The number of rotatable bonds is 2. The first kappa shape index (κ1) is 13.8. The summed E-state index contributed by atoms with van der Waals surface area (Å²) in [5.41, 5.74) is 3.98. The Morgan fingerprint density at radius 3 is 2.62 bits per heavy atom. The van der Waals surface area contributed by atoms with E-state index in [-0.39, 0.29) is 5.91 Å². The molecule has 1 amide bonds. The van der Waals surface area contributed by atoms with Crippen LogP contribution in [-0.2, 0) is 0 Å². The van der Waals surface area contributed by atoms with E-state index in [1.807, 2.05) is 29.2 Å². The highest BCUT2D eigenvalue weighted by Gasteiger charge is 2.30. The van der Waals surface area contributed by atoms with Gasteiger partial charge in [-0.3, -0.25) is 4.79 Å². The highest BCUT2D eigenvalue weighted by molar-refractivity contribution is 6.07. The van der Waals surface area contributed by atoms with Crippen LogP contribution in [0.2, 0.25) is 0 Å². The molecule has 1 aliphatic rings. The van der Waals surface area contributed by atoms with E-state index < -0.39 is 0 Å². The average Bonchev–Trinajstić information content (AvgIpc) is 2.85. The summed E-state index contributed by atoms with van der Waals surface area (Å²) < 4.78 is 0. The lowest BCUT2D eigenvalue weighted by molar-refractivity contribution is 0.0787. The van der Waals surface area contributed by atoms with E-state index in [9.17, 15) is 4.79 Å². The van der Waals surface area contributed by atoms with Crippen LogP contribution in [0.25, 0.3) is 10.9 Å². The van der Waals surface area contributed by atoms with Crippen LogP contribution < -0.4 is 11.3 Å². The van der Waals surface area contributed by atoms with Gasteiger partial charge in [0.05, 0.1) is 11.1 Å². The number of amides is 1. The van der Waals surface area contributed by atoms with Gasteiger partial charge in [-0.1, -0.05) is 32.0 Å². The first-order chi connectivity index (χ1) is 10.1. The number of aromatic nitrogens is 1. The molecule has 5 nitrogen and oxygen atoms in total. The predicted molar refractivity (Wildman–Crippen MR) is 83.8 cm³/mol. The summed E-state index contributed by atoms with van der Waals surface area (Å²) in [7, 11) is 0. The lowest BCUT2D eigenvalue weighted by atomic mass is 10.0. The van der Waals surface area contributed by atoms with E-state index in [0.29, 0.717) is 23.2 Å². The highest BCUT2D eigenvalue weighted by atomic mass is 16.2. The Morgan fingerprint density at radius 2 is 1.95 bits per heavy atom. The van der Waals surface area contributed by atoms with Crippen molar-refractivity contribution in [2.75, 3.05) is 18.5 Å². The molecule has 1 aliphatic heterocycles. The van der Waals surface area contributed by atoms with Gasteiger partial charge in [0.25, 0.3) is 5.91 Å². The van der Waals surface area contributed by atoms with Crippen molar-refractivity contribution in [3.05, 3.63) is 35.9 Å².